The number of aromatic nitrogens is 4. The highest BCUT2D eigenvalue weighted by Gasteiger charge is 2.20. The van der Waals surface area contributed by atoms with E-state index in [9.17, 15) is 13.2 Å². The van der Waals surface area contributed by atoms with Gasteiger partial charge in [-0.2, -0.15) is 0 Å². The second-order valence-corrected chi connectivity index (χ2v) is 12.8. The number of nitrogens with two attached hydrogens (primary N) is 1. The number of halogens is 1. The molecule has 42 heavy (non-hydrogen) atoms. The van der Waals surface area contributed by atoms with E-state index in [1.54, 1.807) is 18.3 Å². The van der Waals surface area contributed by atoms with Crippen molar-refractivity contribution in [3.63, 3.8) is 0 Å². The lowest BCUT2D eigenvalue weighted by Gasteiger charge is -2.16. The molecule has 5 rings (SSSR count). The molecule has 2 aromatic carbocycles. The molecule has 0 spiro atoms. The highest BCUT2D eigenvalue weighted by molar-refractivity contribution is 9.10. The summed E-state index contributed by atoms with van der Waals surface area (Å²) in [5.41, 5.74) is 7.90. The van der Waals surface area contributed by atoms with Crippen LogP contribution in [0.3, 0.4) is 0 Å². The molecule has 1 amide bonds. The van der Waals surface area contributed by atoms with E-state index in [1.165, 1.54) is 12.1 Å². The number of pyridine rings is 1. The number of hydrogen-bond acceptors (Lipinski definition) is 7. The molecule has 13 heteroatoms. The van der Waals surface area contributed by atoms with Crippen molar-refractivity contribution in [3.05, 3.63) is 76.2 Å². The predicted molar refractivity (Wildman–Crippen MR) is 169 cm³/mol. The van der Waals surface area contributed by atoms with Crippen molar-refractivity contribution in [3.8, 4) is 17.1 Å². The van der Waals surface area contributed by atoms with Gasteiger partial charge in [-0.05, 0) is 92.8 Å². The first kappa shape index (κ1) is 29.5. The molecule has 0 aliphatic carbocycles. The van der Waals surface area contributed by atoms with Gasteiger partial charge in [0.15, 0.2) is 5.65 Å². The Morgan fingerprint density at radius 2 is 1.86 bits per heavy atom. The molecule has 5 aromatic rings. The molecule has 0 saturated heterocycles. The summed E-state index contributed by atoms with van der Waals surface area (Å²) in [5, 5.41) is 11.6. The van der Waals surface area contributed by atoms with Crippen molar-refractivity contribution < 1.29 is 13.2 Å². The molecule has 0 saturated carbocycles. The van der Waals surface area contributed by atoms with E-state index in [4.69, 9.17) is 10.1 Å². The number of nitrogens with one attached hydrogen (secondary N) is 3. The Morgan fingerprint density at radius 1 is 1.10 bits per heavy atom. The van der Waals surface area contributed by atoms with Crippen molar-refractivity contribution in [2.24, 2.45) is 5.14 Å². The number of rotatable bonds is 8. The van der Waals surface area contributed by atoms with E-state index in [0.29, 0.717) is 39.4 Å². The fourth-order valence-corrected chi connectivity index (χ4v) is 5.83. The molecule has 0 radical (unpaired) electrons. The van der Waals surface area contributed by atoms with E-state index >= 15 is 0 Å². The molecule has 0 fully saturated rings. The Morgan fingerprint density at radius 3 is 2.57 bits per heavy atom. The van der Waals surface area contributed by atoms with Crippen molar-refractivity contribution in [2.75, 3.05) is 31.3 Å². The lowest BCUT2D eigenvalue weighted by atomic mass is 10.1. The lowest BCUT2D eigenvalue weighted by molar-refractivity contribution is -0.116. The summed E-state index contributed by atoms with van der Waals surface area (Å²) >= 11 is 3.55. The zero-order valence-corrected chi connectivity index (χ0v) is 26.2. The zero-order chi connectivity index (χ0) is 30.3. The van der Waals surface area contributed by atoms with Crippen molar-refractivity contribution in [1.29, 1.82) is 0 Å². The summed E-state index contributed by atoms with van der Waals surface area (Å²) in [6.07, 6.45) is 1.64. The van der Waals surface area contributed by atoms with Crippen LogP contribution in [0.15, 0.2) is 64.1 Å². The van der Waals surface area contributed by atoms with Crippen LogP contribution >= 0.6 is 15.9 Å². The first-order valence-electron chi connectivity index (χ1n) is 13.0. The first-order chi connectivity index (χ1) is 19.8. The smallest absolute Gasteiger partial charge is 0.238 e. The summed E-state index contributed by atoms with van der Waals surface area (Å²) in [6, 6.07) is 14.2. The maximum absolute atomic E-state index is 12.4. The number of carbonyl (C=O) groups excluding carboxylic acids is 1. The number of sulfonamides is 1. The molecule has 0 atom stereocenters. The Kier molecular flexibility index (Phi) is 7.94. The number of fused-ring (bicyclic) bond motifs is 1. The predicted octanol–water partition coefficient (Wildman–Crippen LogP) is 4.99. The number of likely N-dealkylation sites (N-methyl/N-ethyl adjacent to an activating group) is 1. The maximum Gasteiger partial charge on any atom is 0.238 e. The largest absolute Gasteiger partial charge is 0.353 e. The van der Waals surface area contributed by atoms with Gasteiger partial charge in [0.05, 0.1) is 27.3 Å². The van der Waals surface area contributed by atoms with Gasteiger partial charge in [-0.1, -0.05) is 12.1 Å². The van der Waals surface area contributed by atoms with Crippen LogP contribution in [0.1, 0.15) is 17.0 Å². The van der Waals surface area contributed by atoms with E-state index < -0.39 is 10.0 Å². The van der Waals surface area contributed by atoms with Gasteiger partial charge < -0.3 is 25.1 Å². The quantitative estimate of drug-likeness (QED) is 0.185. The van der Waals surface area contributed by atoms with Crippen LogP contribution in [0.25, 0.3) is 28.2 Å². The van der Waals surface area contributed by atoms with Crippen LogP contribution in [-0.2, 0) is 14.8 Å². The normalized spacial score (nSPS) is 11.8. The highest BCUT2D eigenvalue weighted by Crippen LogP contribution is 2.36. The number of amides is 1. The minimum Gasteiger partial charge on any atom is -0.353 e. The number of nitrogens with zero attached hydrogens (tertiary/aromatic N) is 4. The van der Waals surface area contributed by atoms with E-state index in [1.807, 2.05) is 58.0 Å². The van der Waals surface area contributed by atoms with Gasteiger partial charge >= 0.3 is 0 Å². The van der Waals surface area contributed by atoms with Crippen LogP contribution in [0.2, 0.25) is 0 Å². The second-order valence-electron chi connectivity index (χ2n) is 10.4. The Balaban J connectivity index is 1.53. The Labute approximate surface area is 252 Å². The fraction of sp³-hybridized carbons (Fsp3) is 0.207. The molecule has 0 aliphatic rings. The first-order valence-corrected chi connectivity index (χ1v) is 15.3. The van der Waals surface area contributed by atoms with Crippen LogP contribution in [0.5, 0.6) is 0 Å². The standard InChI is InChI=1S/C29H31BrN8O3S/c1-16-9-10-20(33-25(39)15-37(4)5)13-24(16)38-17(2)11-22(18(38)3)28-35-27-26(23(30)14-32-29(27)36-28)34-19-7-6-8-21(12-19)42(31,40)41/h6-14H,15H2,1-5H3,(H,33,39)(H2,31,40,41)(H2,32,34,35,36). The van der Waals surface area contributed by atoms with Crippen molar-refractivity contribution >= 4 is 60.1 Å². The number of aromatic amines is 1. The van der Waals surface area contributed by atoms with E-state index in [-0.39, 0.29) is 10.8 Å². The summed E-state index contributed by atoms with van der Waals surface area (Å²) in [5.74, 6) is 0.544. The number of benzene rings is 2. The third-order valence-electron chi connectivity index (χ3n) is 6.79. The third kappa shape index (κ3) is 5.95. The maximum atomic E-state index is 12.4. The van der Waals surface area contributed by atoms with Gasteiger partial charge in [0.25, 0.3) is 0 Å². The van der Waals surface area contributed by atoms with Gasteiger partial charge in [0.1, 0.15) is 11.3 Å². The number of carbonyl (C=O) groups is 1. The topological polar surface area (TPSA) is 151 Å². The fourth-order valence-electron chi connectivity index (χ4n) is 4.87. The summed E-state index contributed by atoms with van der Waals surface area (Å²) in [6.45, 7) is 6.37. The number of imidazole rings is 1. The number of primary sulfonamides is 1. The van der Waals surface area contributed by atoms with E-state index in [2.05, 4.69) is 47.2 Å². The molecule has 3 heterocycles. The molecule has 0 bridgehead atoms. The number of aryl methyl sites for hydroxylation is 2. The molecule has 5 N–H and O–H groups in total. The lowest BCUT2D eigenvalue weighted by Crippen LogP contribution is -2.27. The summed E-state index contributed by atoms with van der Waals surface area (Å²) < 4.78 is 26.5. The minimum atomic E-state index is -3.86. The molecular formula is C29H31BrN8O3S. The van der Waals surface area contributed by atoms with E-state index in [0.717, 1.165) is 33.9 Å². The third-order valence-corrected chi connectivity index (χ3v) is 8.30. The van der Waals surface area contributed by atoms with Crippen molar-refractivity contribution in [1.82, 2.24) is 24.4 Å². The van der Waals surface area contributed by atoms with Gasteiger partial charge in [-0.15, -0.1) is 0 Å². The SMILES string of the molecule is Cc1ccc(NC(=O)CN(C)C)cc1-n1c(C)cc(-c2nc3ncc(Br)c(Nc4cccc(S(N)(=O)=O)c4)c3[nH]2)c1C. The number of anilines is 3. The van der Waals surface area contributed by atoms with Crippen LogP contribution in [-0.4, -0.2) is 59.4 Å². The highest BCUT2D eigenvalue weighted by atomic mass is 79.9. The average molecular weight is 652 g/mol. The molecule has 3 aromatic heterocycles. The second kappa shape index (κ2) is 11.3. The van der Waals surface area contributed by atoms with Gasteiger partial charge in [0, 0.05) is 34.5 Å². The summed E-state index contributed by atoms with van der Waals surface area (Å²) in [7, 11) is -0.152. The van der Waals surface area contributed by atoms with Crippen LogP contribution < -0.4 is 15.8 Å². The Bertz CT molecular complexity index is 1950. The molecule has 0 unspecified atom stereocenters. The van der Waals surface area contributed by atoms with Gasteiger partial charge in [-0.25, -0.2) is 23.5 Å². The van der Waals surface area contributed by atoms with Gasteiger partial charge in [-0.3, -0.25) is 4.79 Å². The number of hydrogen-bond donors (Lipinski definition) is 4. The Hall–Kier alpha value is -4.04. The van der Waals surface area contributed by atoms with Crippen LogP contribution in [0.4, 0.5) is 17.1 Å². The number of H-pyrrole nitrogens is 1. The van der Waals surface area contributed by atoms with Crippen LogP contribution in [0, 0.1) is 20.8 Å². The zero-order valence-electron chi connectivity index (χ0n) is 23.8. The monoisotopic (exact) mass is 650 g/mol. The van der Waals surface area contributed by atoms with Gasteiger partial charge in [0.2, 0.25) is 15.9 Å². The molecular weight excluding hydrogens is 620 g/mol. The minimum absolute atomic E-state index is 0.00305. The molecule has 11 nitrogen and oxygen atoms in total. The average Bonchev–Trinajstić information content (AvgIpc) is 3.46. The molecule has 0 aliphatic heterocycles. The summed E-state index contributed by atoms with van der Waals surface area (Å²) in [4.78, 5) is 26.9. The van der Waals surface area contributed by atoms with Crippen molar-refractivity contribution in [2.45, 2.75) is 25.7 Å². The molecule has 218 valence electrons.